The summed E-state index contributed by atoms with van der Waals surface area (Å²) in [6.07, 6.45) is 0. The standard InChI is InChI=1S/C59H45N3/c1-58(2)52-35-40(38-24-29-45(30-25-38)61(42-16-8-5-9-17-42)43-18-10-6-11-19-43)27-32-48(52)56-53(58)37-50-46-31-26-41(36-51(46)59(3,4)57(50)60-56)39-28-33-55-49(34-39)47-22-14-15-23-54(47)62(55)44-20-12-7-13-21-44/h5-37H,1-4H3. The molecule has 0 amide bonds. The maximum absolute atomic E-state index is 5.63. The van der Waals surface area contributed by atoms with Gasteiger partial charge in [0.05, 0.1) is 22.4 Å². The molecule has 0 fully saturated rings. The number of hydrogen-bond acceptors (Lipinski definition) is 2. The molecule has 2 aliphatic carbocycles. The van der Waals surface area contributed by atoms with Crippen molar-refractivity contribution in [3.8, 4) is 50.3 Å². The third-order valence-electron chi connectivity index (χ3n) is 13.7. The number of rotatable bonds is 6. The molecule has 2 heterocycles. The first-order valence-corrected chi connectivity index (χ1v) is 21.7. The lowest BCUT2D eigenvalue weighted by Crippen LogP contribution is -2.18. The van der Waals surface area contributed by atoms with E-state index < -0.39 is 0 Å². The van der Waals surface area contributed by atoms with E-state index >= 15 is 0 Å². The number of pyridine rings is 1. The van der Waals surface area contributed by atoms with Crippen LogP contribution in [0.1, 0.15) is 50.1 Å². The van der Waals surface area contributed by atoms with Crippen LogP contribution in [0.15, 0.2) is 200 Å². The lowest BCUT2D eigenvalue weighted by atomic mass is 9.81. The Kier molecular flexibility index (Phi) is 7.92. The molecule has 10 aromatic rings. The van der Waals surface area contributed by atoms with E-state index in [2.05, 4.69) is 237 Å². The summed E-state index contributed by atoms with van der Waals surface area (Å²) in [6.45, 7) is 9.43. The van der Waals surface area contributed by atoms with E-state index in [1.165, 1.54) is 83.1 Å². The van der Waals surface area contributed by atoms with Gasteiger partial charge in [0.1, 0.15) is 0 Å². The van der Waals surface area contributed by atoms with E-state index in [4.69, 9.17) is 4.98 Å². The molecular weight excluding hydrogens is 751 g/mol. The lowest BCUT2D eigenvalue weighted by molar-refractivity contribution is 0.632. The predicted octanol–water partition coefficient (Wildman–Crippen LogP) is 15.6. The Hall–Kier alpha value is -7.49. The Morgan fingerprint density at radius 1 is 0.387 bits per heavy atom. The molecule has 2 aromatic heterocycles. The van der Waals surface area contributed by atoms with Gasteiger partial charge in [-0.25, -0.2) is 0 Å². The molecule has 0 aliphatic heterocycles. The number of nitrogens with zero attached hydrogens (tertiary/aromatic N) is 3. The van der Waals surface area contributed by atoms with Gasteiger partial charge in [-0.2, -0.15) is 0 Å². The fourth-order valence-electron chi connectivity index (χ4n) is 10.5. The Bertz CT molecular complexity index is 3340. The first kappa shape index (κ1) is 36.4. The molecule has 2 aliphatic rings. The highest BCUT2D eigenvalue weighted by Gasteiger charge is 2.43. The second-order valence-electron chi connectivity index (χ2n) is 18.0. The Labute approximate surface area is 363 Å². The van der Waals surface area contributed by atoms with Gasteiger partial charge in [0, 0.05) is 55.5 Å². The summed E-state index contributed by atoms with van der Waals surface area (Å²) in [6, 6.07) is 73.1. The van der Waals surface area contributed by atoms with Crippen molar-refractivity contribution < 1.29 is 0 Å². The molecule has 12 rings (SSSR count). The minimum atomic E-state index is -0.259. The summed E-state index contributed by atoms with van der Waals surface area (Å²) < 4.78 is 2.38. The fourth-order valence-corrected chi connectivity index (χ4v) is 10.5. The molecule has 0 radical (unpaired) electrons. The molecule has 0 atom stereocenters. The molecule has 0 bridgehead atoms. The van der Waals surface area contributed by atoms with Gasteiger partial charge in [-0.3, -0.25) is 4.98 Å². The van der Waals surface area contributed by atoms with Crippen LogP contribution in [-0.2, 0) is 10.8 Å². The first-order chi connectivity index (χ1) is 30.3. The number of benzene rings is 8. The van der Waals surface area contributed by atoms with Crippen molar-refractivity contribution in [2.45, 2.75) is 38.5 Å². The summed E-state index contributed by atoms with van der Waals surface area (Å²) >= 11 is 0. The van der Waals surface area contributed by atoms with Gasteiger partial charge in [-0.1, -0.05) is 143 Å². The van der Waals surface area contributed by atoms with Gasteiger partial charge >= 0.3 is 0 Å². The highest BCUT2D eigenvalue weighted by atomic mass is 15.1. The highest BCUT2D eigenvalue weighted by Crippen LogP contribution is 2.55. The Balaban J connectivity index is 0.886. The third-order valence-corrected chi connectivity index (χ3v) is 13.7. The molecule has 3 nitrogen and oxygen atoms in total. The average molecular weight is 796 g/mol. The van der Waals surface area contributed by atoms with Crippen LogP contribution in [0.25, 0.3) is 72.1 Å². The van der Waals surface area contributed by atoms with Crippen LogP contribution < -0.4 is 4.90 Å². The zero-order valence-corrected chi connectivity index (χ0v) is 35.4. The van der Waals surface area contributed by atoms with E-state index in [1.54, 1.807) is 0 Å². The zero-order chi connectivity index (χ0) is 41.7. The smallest absolute Gasteiger partial charge is 0.0750 e. The van der Waals surface area contributed by atoms with Gasteiger partial charge in [-0.05, 0) is 129 Å². The highest BCUT2D eigenvalue weighted by molar-refractivity contribution is 6.10. The van der Waals surface area contributed by atoms with Crippen LogP contribution in [0.4, 0.5) is 17.1 Å². The number of anilines is 3. The van der Waals surface area contributed by atoms with Gasteiger partial charge in [0.15, 0.2) is 0 Å². The van der Waals surface area contributed by atoms with Crippen LogP contribution in [-0.4, -0.2) is 9.55 Å². The predicted molar refractivity (Wildman–Crippen MR) is 259 cm³/mol. The topological polar surface area (TPSA) is 21.1 Å². The van der Waals surface area contributed by atoms with E-state index in [1.807, 2.05) is 0 Å². The first-order valence-electron chi connectivity index (χ1n) is 21.7. The summed E-state index contributed by atoms with van der Waals surface area (Å²) in [5.74, 6) is 0. The van der Waals surface area contributed by atoms with E-state index in [0.717, 1.165) is 28.5 Å². The molecular formula is C59H45N3. The van der Waals surface area contributed by atoms with E-state index in [0.29, 0.717) is 0 Å². The minimum Gasteiger partial charge on any atom is -0.311 e. The maximum atomic E-state index is 5.63. The Morgan fingerprint density at radius 2 is 0.903 bits per heavy atom. The SMILES string of the molecule is CC1(C)c2cc(-c3ccc(N(c4ccccc4)c4ccccc4)cc3)ccc2-c2nc3c(cc21)-c1ccc(-c2ccc4c(c2)c2ccccc2n4-c2ccccc2)cc1C3(C)C. The van der Waals surface area contributed by atoms with Crippen LogP contribution in [0.3, 0.4) is 0 Å². The molecule has 296 valence electrons. The van der Waals surface area contributed by atoms with Gasteiger partial charge in [0.2, 0.25) is 0 Å². The second-order valence-corrected chi connectivity index (χ2v) is 18.0. The number of para-hydroxylation sites is 4. The molecule has 62 heavy (non-hydrogen) atoms. The molecule has 0 spiro atoms. The minimum absolute atomic E-state index is 0.207. The monoisotopic (exact) mass is 795 g/mol. The molecule has 0 saturated carbocycles. The quantitative estimate of drug-likeness (QED) is 0.167. The van der Waals surface area contributed by atoms with Crippen molar-refractivity contribution in [2.24, 2.45) is 0 Å². The van der Waals surface area contributed by atoms with Crippen LogP contribution in [0.5, 0.6) is 0 Å². The van der Waals surface area contributed by atoms with Crippen molar-refractivity contribution >= 4 is 38.9 Å². The molecule has 0 saturated heterocycles. The van der Waals surface area contributed by atoms with Crippen molar-refractivity contribution in [1.82, 2.24) is 9.55 Å². The number of fused-ring (bicyclic) bond motifs is 9. The summed E-state index contributed by atoms with van der Waals surface area (Å²) in [7, 11) is 0. The molecule has 0 unspecified atom stereocenters. The van der Waals surface area contributed by atoms with E-state index in [-0.39, 0.29) is 10.8 Å². The Morgan fingerprint density at radius 3 is 1.60 bits per heavy atom. The number of aromatic nitrogens is 2. The van der Waals surface area contributed by atoms with Crippen molar-refractivity contribution in [3.05, 3.63) is 223 Å². The van der Waals surface area contributed by atoms with Gasteiger partial charge in [-0.15, -0.1) is 0 Å². The normalized spacial score (nSPS) is 14.1. The van der Waals surface area contributed by atoms with Gasteiger partial charge in [0.25, 0.3) is 0 Å². The fraction of sp³-hybridized carbons (Fsp3) is 0.102. The third kappa shape index (κ3) is 5.41. The summed E-state index contributed by atoms with van der Waals surface area (Å²) in [5.41, 5.74) is 21.5. The largest absolute Gasteiger partial charge is 0.311 e. The van der Waals surface area contributed by atoms with Crippen molar-refractivity contribution in [3.63, 3.8) is 0 Å². The van der Waals surface area contributed by atoms with Crippen LogP contribution in [0, 0.1) is 0 Å². The zero-order valence-electron chi connectivity index (χ0n) is 35.4. The molecule has 8 aromatic carbocycles. The average Bonchev–Trinajstić information content (AvgIpc) is 3.85. The molecule has 3 heteroatoms. The van der Waals surface area contributed by atoms with Gasteiger partial charge < -0.3 is 9.47 Å². The maximum Gasteiger partial charge on any atom is 0.0750 e. The molecule has 0 N–H and O–H groups in total. The van der Waals surface area contributed by atoms with Crippen molar-refractivity contribution in [2.75, 3.05) is 4.90 Å². The van der Waals surface area contributed by atoms with Crippen LogP contribution in [0.2, 0.25) is 0 Å². The van der Waals surface area contributed by atoms with Crippen LogP contribution >= 0.6 is 0 Å². The summed E-state index contributed by atoms with van der Waals surface area (Å²) in [5, 5.41) is 2.53. The lowest BCUT2D eigenvalue weighted by Gasteiger charge is -2.25. The van der Waals surface area contributed by atoms with E-state index in [9.17, 15) is 0 Å². The number of hydrogen-bond donors (Lipinski definition) is 0. The second kappa shape index (κ2) is 13.5. The van der Waals surface area contributed by atoms with Crippen molar-refractivity contribution in [1.29, 1.82) is 0 Å². The summed E-state index contributed by atoms with van der Waals surface area (Å²) in [4.78, 5) is 7.94.